The number of aryl methyl sites for hydroxylation is 1. The second kappa shape index (κ2) is 6.28. The fraction of sp³-hybridized carbons (Fsp3) is 0.312. The van der Waals surface area contributed by atoms with Crippen LogP contribution in [-0.4, -0.2) is 11.0 Å². The molecule has 3 rings (SSSR count). The zero-order chi connectivity index (χ0) is 15.7. The zero-order valence-electron chi connectivity index (χ0n) is 12.5. The van der Waals surface area contributed by atoms with E-state index in [9.17, 15) is 0 Å². The van der Waals surface area contributed by atoms with Crippen molar-refractivity contribution >= 4 is 38.8 Å². The molecule has 116 valence electrons. The minimum Gasteiger partial charge on any atom is -0.467 e. The average molecular weight is 336 g/mol. The Kier molecular flexibility index (Phi) is 4.38. The predicted octanol–water partition coefficient (Wildman–Crippen LogP) is 4.35. The predicted molar refractivity (Wildman–Crippen MR) is 92.8 cm³/mol. The highest BCUT2D eigenvalue weighted by molar-refractivity contribution is 7.19. The Balaban J connectivity index is 1.98. The highest BCUT2D eigenvalue weighted by Crippen LogP contribution is 2.37. The van der Waals surface area contributed by atoms with Gasteiger partial charge >= 0.3 is 0 Å². The van der Waals surface area contributed by atoms with Crippen LogP contribution in [0, 0.1) is 6.92 Å². The highest BCUT2D eigenvalue weighted by Gasteiger charge is 2.15. The summed E-state index contributed by atoms with van der Waals surface area (Å²) in [7, 11) is 0. The molecule has 0 amide bonds. The van der Waals surface area contributed by atoms with Gasteiger partial charge in [-0.05, 0) is 38.0 Å². The second-order valence-electron chi connectivity index (χ2n) is 5.43. The third-order valence-corrected chi connectivity index (χ3v) is 5.01. The fourth-order valence-corrected chi connectivity index (χ4v) is 3.98. The molecule has 1 atom stereocenters. The van der Waals surface area contributed by atoms with Crippen LogP contribution in [0.5, 0.6) is 0 Å². The number of hydrogen-bond donors (Lipinski definition) is 2. The molecule has 3 N–H and O–H groups in total. The SMILES string of the molecule is Cc1c(C[C@H](C)N)sc2c(NCc3ccco3)cc(Cl)nc12. The van der Waals surface area contributed by atoms with E-state index in [-0.39, 0.29) is 6.04 Å². The van der Waals surface area contributed by atoms with Gasteiger partial charge in [0, 0.05) is 17.0 Å². The monoisotopic (exact) mass is 335 g/mol. The maximum Gasteiger partial charge on any atom is 0.131 e. The lowest BCUT2D eigenvalue weighted by atomic mass is 10.1. The number of nitrogens with one attached hydrogen (secondary N) is 1. The second-order valence-corrected chi connectivity index (χ2v) is 6.93. The lowest BCUT2D eigenvalue weighted by molar-refractivity contribution is 0.518. The van der Waals surface area contributed by atoms with Crippen molar-refractivity contribution in [2.45, 2.75) is 32.9 Å². The first-order valence-corrected chi connectivity index (χ1v) is 8.34. The molecule has 0 bridgehead atoms. The van der Waals surface area contributed by atoms with Crippen LogP contribution in [0.3, 0.4) is 0 Å². The molecule has 22 heavy (non-hydrogen) atoms. The number of halogens is 1. The van der Waals surface area contributed by atoms with Gasteiger partial charge in [0.15, 0.2) is 0 Å². The van der Waals surface area contributed by atoms with Crippen molar-refractivity contribution in [1.29, 1.82) is 0 Å². The van der Waals surface area contributed by atoms with Gasteiger partial charge in [-0.2, -0.15) is 0 Å². The van der Waals surface area contributed by atoms with Crippen LogP contribution in [0.2, 0.25) is 5.15 Å². The normalized spacial score (nSPS) is 12.7. The molecule has 3 heterocycles. The molecule has 0 saturated heterocycles. The van der Waals surface area contributed by atoms with E-state index in [2.05, 4.69) is 17.2 Å². The van der Waals surface area contributed by atoms with Crippen LogP contribution < -0.4 is 11.1 Å². The van der Waals surface area contributed by atoms with Gasteiger partial charge in [0.05, 0.1) is 28.7 Å². The van der Waals surface area contributed by atoms with E-state index in [1.807, 2.05) is 25.1 Å². The third kappa shape index (κ3) is 3.11. The highest BCUT2D eigenvalue weighted by atomic mass is 35.5. The van der Waals surface area contributed by atoms with E-state index < -0.39 is 0 Å². The summed E-state index contributed by atoms with van der Waals surface area (Å²) in [6.07, 6.45) is 2.52. The molecule has 0 spiro atoms. The average Bonchev–Trinajstić information content (AvgIpc) is 3.07. The first-order chi connectivity index (χ1) is 10.5. The molecule has 6 heteroatoms. The van der Waals surface area contributed by atoms with Gasteiger partial charge in [0.2, 0.25) is 0 Å². The smallest absolute Gasteiger partial charge is 0.131 e. The number of nitrogens with two attached hydrogens (primary N) is 1. The van der Waals surface area contributed by atoms with Crippen molar-refractivity contribution in [3.8, 4) is 0 Å². The van der Waals surface area contributed by atoms with Crippen LogP contribution in [0.25, 0.3) is 10.2 Å². The minimum absolute atomic E-state index is 0.127. The Labute approximate surface area is 138 Å². The van der Waals surface area contributed by atoms with Gasteiger partial charge in [0.25, 0.3) is 0 Å². The van der Waals surface area contributed by atoms with Crippen molar-refractivity contribution in [1.82, 2.24) is 4.98 Å². The zero-order valence-corrected chi connectivity index (χ0v) is 14.1. The Hall–Kier alpha value is -1.56. The molecular formula is C16H18ClN3OS. The number of hydrogen-bond acceptors (Lipinski definition) is 5. The van der Waals surface area contributed by atoms with Crippen LogP contribution in [0.4, 0.5) is 5.69 Å². The molecule has 0 aliphatic heterocycles. The number of rotatable bonds is 5. The van der Waals surface area contributed by atoms with Gasteiger partial charge in [-0.25, -0.2) is 4.98 Å². The van der Waals surface area contributed by atoms with Gasteiger partial charge in [-0.3, -0.25) is 0 Å². The number of pyridine rings is 1. The number of aromatic nitrogens is 1. The lowest BCUT2D eigenvalue weighted by Gasteiger charge is -2.06. The van der Waals surface area contributed by atoms with E-state index in [0.29, 0.717) is 11.7 Å². The summed E-state index contributed by atoms with van der Waals surface area (Å²) >= 11 is 7.91. The summed E-state index contributed by atoms with van der Waals surface area (Å²) in [5.41, 5.74) is 9.04. The standard InChI is InChI=1S/C16H18ClN3OS/c1-9(18)6-13-10(2)15-16(22-13)12(7-14(17)20-15)19-8-11-4-3-5-21-11/h3-5,7,9H,6,8,18H2,1-2H3,(H,19,20)/t9-/m0/s1. The van der Waals surface area contributed by atoms with Crippen LogP contribution in [0.15, 0.2) is 28.9 Å². The van der Waals surface area contributed by atoms with Gasteiger partial charge in [0.1, 0.15) is 10.9 Å². The molecular weight excluding hydrogens is 318 g/mol. The number of nitrogens with zero attached hydrogens (tertiary/aromatic N) is 1. The summed E-state index contributed by atoms with van der Waals surface area (Å²) in [5, 5.41) is 3.87. The van der Waals surface area contributed by atoms with Gasteiger partial charge in [-0.15, -0.1) is 11.3 Å². The van der Waals surface area contributed by atoms with Crippen molar-refractivity contribution in [2.75, 3.05) is 5.32 Å². The molecule has 3 aromatic heterocycles. The Morgan fingerprint density at radius 1 is 1.50 bits per heavy atom. The maximum atomic E-state index is 6.18. The molecule has 0 unspecified atom stereocenters. The number of fused-ring (bicyclic) bond motifs is 1. The summed E-state index contributed by atoms with van der Waals surface area (Å²) < 4.78 is 6.47. The molecule has 4 nitrogen and oxygen atoms in total. The molecule has 3 aromatic rings. The molecule has 0 saturated carbocycles. The Morgan fingerprint density at radius 2 is 2.32 bits per heavy atom. The maximum absolute atomic E-state index is 6.18. The summed E-state index contributed by atoms with van der Waals surface area (Å²) in [4.78, 5) is 5.75. The van der Waals surface area contributed by atoms with Crippen molar-refractivity contribution in [3.63, 3.8) is 0 Å². The van der Waals surface area contributed by atoms with Gasteiger partial charge < -0.3 is 15.5 Å². The Morgan fingerprint density at radius 3 is 3.00 bits per heavy atom. The van der Waals surface area contributed by atoms with Crippen LogP contribution >= 0.6 is 22.9 Å². The summed E-state index contributed by atoms with van der Waals surface area (Å²) in [5.74, 6) is 0.880. The van der Waals surface area contributed by atoms with E-state index >= 15 is 0 Å². The van der Waals surface area contributed by atoms with Crippen molar-refractivity contribution < 1.29 is 4.42 Å². The number of furan rings is 1. The van der Waals surface area contributed by atoms with Crippen molar-refractivity contribution in [2.24, 2.45) is 5.73 Å². The third-order valence-electron chi connectivity index (χ3n) is 3.48. The molecule has 0 aliphatic carbocycles. The molecule has 0 radical (unpaired) electrons. The minimum atomic E-state index is 0.127. The van der Waals surface area contributed by atoms with Crippen LogP contribution in [0.1, 0.15) is 23.1 Å². The van der Waals surface area contributed by atoms with Crippen molar-refractivity contribution in [3.05, 3.63) is 45.8 Å². The topological polar surface area (TPSA) is 64.1 Å². The van der Waals surface area contributed by atoms with E-state index in [1.54, 1.807) is 17.6 Å². The van der Waals surface area contributed by atoms with E-state index in [1.165, 1.54) is 10.4 Å². The summed E-state index contributed by atoms with van der Waals surface area (Å²) in [6, 6.07) is 5.80. The fourth-order valence-electron chi connectivity index (χ4n) is 2.41. The first-order valence-electron chi connectivity index (χ1n) is 7.15. The number of thiophene rings is 1. The summed E-state index contributed by atoms with van der Waals surface area (Å²) in [6.45, 7) is 4.71. The molecule has 0 fully saturated rings. The molecule has 0 aromatic carbocycles. The first kappa shape index (κ1) is 15.3. The molecule has 0 aliphatic rings. The van der Waals surface area contributed by atoms with E-state index in [4.69, 9.17) is 21.8 Å². The quantitative estimate of drug-likeness (QED) is 0.680. The largest absolute Gasteiger partial charge is 0.467 e. The number of anilines is 1. The lowest BCUT2D eigenvalue weighted by Crippen LogP contribution is -2.17. The van der Waals surface area contributed by atoms with E-state index in [0.717, 1.165) is 28.1 Å². The van der Waals surface area contributed by atoms with Crippen LogP contribution in [-0.2, 0) is 13.0 Å². The van der Waals surface area contributed by atoms with Gasteiger partial charge in [-0.1, -0.05) is 11.6 Å². The Bertz CT molecular complexity index is 780.